The van der Waals surface area contributed by atoms with E-state index in [0.717, 1.165) is 12.1 Å². The minimum atomic E-state index is -0.637. The molecule has 0 aliphatic rings. The van der Waals surface area contributed by atoms with Gasteiger partial charge in [0.1, 0.15) is 11.6 Å². The van der Waals surface area contributed by atoms with Crippen LogP contribution in [0.4, 0.5) is 8.78 Å². The van der Waals surface area contributed by atoms with Gasteiger partial charge in [-0.25, -0.2) is 8.78 Å². The fraction of sp³-hybridized carbons (Fsp3) is 0.111. The van der Waals surface area contributed by atoms with Crippen molar-refractivity contribution in [1.82, 2.24) is 0 Å². The Kier molecular flexibility index (Phi) is 3.64. The number of azide groups is 1. The molecule has 0 bridgehead atoms. The van der Waals surface area contributed by atoms with Gasteiger partial charge in [0.15, 0.2) is 0 Å². The van der Waals surface area contributed by atoms with Gasteiger partial charge in [-0.05, 0) is 17.7 Å². The third-order valence-electron chi connectivity index (χ3n) is 1.51. The van der Waals surface area contributed by atoms with E-state index in [1.165, 1.54) is 18.2 Å². The molecule has 0 aliphatic carbocycles. The number of benzene rings is 1. The van der Waals surface area contributed by atoms with Crippen molar-refractivity contribution in [3.63, 3.8) is 0 Å². The molecular formula is C9H7F2N3. The van der Waals surface area contributed by atoms with E-state index in [9.17, 15) is 8.78 Å². The van der Waals surface area contributed by atoms with Crippen LogP contribution in [0.25, 0.3) is 16.5 Å². The van der Waals surface area contributed by atoms with Crippen molar-refractivity contribution < 1.29 is 8.78 Å². The maximum Gasteiger partial charge on any atom is 0.133 e. The zero-order valence-electron chi connectivity index (χ0n) is 7.19. The van der Waals surface area contributed by atoms with E-state index in [1.54, 1.807) is 0 Å². The largest absolute Gasteiger partial charge is 0.207 e. The minimum absolute atomic E-state index is 0.146. The topological polar surface area (TPSA) is 48.8 Å². The molecule has 3 nitrogen and oxygen atoms in total. The number of hydrogen-bond donors (Lipinski definition) is 0. The smallest absolute Gasteiger partial charge is 0.133 e. The first kappa shape index (κ1) is 10.2. The first-order valence-corrected chi connectivity index (χ1v) is 3.86. The number of halogens is 2. The normalized spacial score (nSPS) is 10.1. The van der Waals surface area contributed by atoms with Crippen molar-refractivity contribution in [1.29, 1.82) is 0 Å². The van der Waals surface area contributed by atoms with Crippen molar-refractivity contribution in [3.05, 3.63) is 51.9 Å². The first-order valence-electron chi connectivity index (χ1n) is 3.86. The second kappa shape index (κ2) is 4.99. The number of hydrogen-bond acceptors (Lipinski definition) is 1. The van der Waals surface area contributed by atoms with Gasteiger partial charge in [-0.3, -0.25) is 0 Å². The van der Waals surface area contributed by atoms with E-state index in [0.29, 0.717) is 0 Å². The van der Waals surface area contributed by atoms with E-state index in [-0.39, 0.29) is 12.1 Å². The molecule has 14 heavy (non-hydrogen) atoms. The highest BCUT2D eigenvalue weighted by molar-refractivity contribution is 5.49. The standard InChI is InChI=1S/C9H7F2N3/c10-8-4-3-7(9(11)6-8)2-1-5-13-14-12/h1-4,6H,5H2. The van der Waals surface area contributed by atoms with Crippen LogP contribution in [0.1, 0.15) is 5.56 Å². The maximum atomic E-state index is 13.0. The zero-order chi connectivity index (χ0) is 10.4. The van der Waals surface area contributed by atoms with Crippen LogP contribution in [0.3, 0.4) is 0 Å². The third kappa shape index (κ3) is 2.88. The maximum absolute atomic E-state index is 13.0. The van der Waals surface area contributed by atoms with Crippen molar-refractivity contribution in [2.45, 2.75) is 0 Å². The fourth-order valence-corrected chi connectivity index (χ4v) is 0.900. The molecule has 1 rings (SSSR count). The summed E-state index contributed by atoms with van der Waals surface area (Å²) in [5.74, 6) is -1.25. The molecule has 0 heterocycles. The molecule has 0 fully saturated rings. The van der Waals surface area contributed by atoms with Crippen LogP contribution < -0.4 is 0 Å². The van der Waals surface area contributed by atoms with Crippen molar-refractivity contribution in [2.24, 2.45) is 5.11 Å². The molecule has 0 atom stereocenters. The molecule has 1 aromatic rings. The molecule has 0 saturated heterocycles. The Morgan fingerprint density at radius 2 is 2.21 bits per heavy atom. The highest BCUT2D eigenvalue weighted by atomic mass is 19.1. The summed E-state index contributed by atoms with van der Waals surface area (Å²) in [6.07, 6.45) is 2.93. The Morgan fingerprint density at radius 3 is 2.86 bits per heavy atom. The lowest BCUT2D eigenvalue weighted by Gasteiger charge is -1.95. The summed E-state index contributed by atoms with van der Waals surface area (Å²) in [4.78, 5) is 2.52. The molecule has 0 amide bonds. The van der Waals surface area contributed by atoms with Crippen LogP contribution in [0.5, 0.6) is 0 Å². The van der Waals surface area contributed by atoms with E-state index in [2.05, 4.69) is 10.0 Å². The predicted octanol–water partition coefficient (Wildman–Crippen LogP) is 3.29. The van der Waals surface area contributed by atoms with Crippen LogP contribution in [-0.4, -0.2) is 6.54 Å². The average molecular weight is 195 g/mol. The second-order valence-electron chi connectivity index (χ2n) is 2.48. The van der Waals surface area contributed by atoms with Crippen molar-refractivity contribution in [2.75, 3.05) is 6.54 Å². The summed E-state index contributed by atoms with van der Waals surface area (Å²) in [6, 6.07) is 3.28. The van der Waals surface area contributed by atoms with Gasteiger partial charge in [0.2, 0.25) is 0 Å². The summed E-state index contributed by atoms with van der Waals surface area (Å²) in [6.45, 7) is 0.146. The molecule has 0 radical (unpaired) electrons. The van der Waals surface area contributed by atoms with Crippen molar-refractivity contribution >= 4 is 6.08 Å². The SMILES string of the molecule is [N-]=[N+]=NCC=Cc1ccc(F)cc1F. The average Bonchev–Trinajstić information content (AvgIpc) is 2.15. The molecular weight excluding hydrogens is 188 g/mol. The predicted molar refractivity (Wildman–Crippen MR) is 49.4 cm³/mol. The summed E-state index contributed by atoms with van der Waals surface area (Å²) in [5, 5.41) is 3.23. The van der Waals surface area contributed by atoms with Gasteiger partial charge in [-0.2, -0.15) is 0 Å². The molecule has 0 unspecified atom stereocenters. The second-order valence-corrected chi connectivity index (χ2v) is 2.48. The summed E-state index contributed by atoms with van der Waals surface area (Å²) in [7, 11) is 0. The van der Waals surface area contributed by atoms with Gasteiger partial charge in [0.05, 0.1) is 0 Å². The van der Waals surface area contributed by atoms with Crippen LogP contribution in [-0.2, 0) is 0 Å². The Morgan fingerprint density at radius 1 is 1.43 bits per heavy atom. The molecule has 0 spiro atoms. The molecule has 0 aromatic heterocycles. The molecule has 1 aromatic carbocycles. The summed E-state index contributed by atoms with van der Waals surface area (Å²) < 4.78 is 25.4. The first-order chi connectivity index (χ1) is 6.74. The number of rotatable bonds is 3. The molecule has 0 aliphatic heterocycles. The highest BCUT2D eigenvalue weighted by Gasteiger charge is 1.98. The number of nitrogens with zero attached hydrogens (tertiary/aromatic N) is 3. The van der Waals surface area contributed by atoms with Gasteiger partial charge in [0.25, 0.3) is 0 Å². The lowest BCUT2D eigenvalue weighted by Crippen LogP contribution is -1.83. The Hall–Kier alpha value is -1.87. The van der Waals surface area contributed by atoms with Gasteiger partial charge in [-0.15, -0.1) is 0 Å². The highest BCUT2D eigenvalue weighted by Crippen LogP contribution is 2.10. The van der Waals surface area contributed by atoms with E-state index in [1.807, 2.05) is 0 Å². The Bertz CT molecular complexity index is 395. The molecule has 0 N–H and O–H groups in total. The quantitative estimate of drug-likeness (QED) is 0.403. The Balaban J connectivity index is 2.76. The van der Waals surface area contributed by atoms with Gasteiger partial charge in [-0.1, -0.05) is 17.3 Å². The zero-order valence-corrected chi connectivity index (χ0v) is 7.19. The van der Waals surface area contributed by atoms with Crippen molar-refractivity contribution in [3.8, 4) is 0 Å². The fourth-order valence-electron chi connectivity index (χ4n) is 0.900. The van der Waals surface area contributed by atoms with Crippen LogP contribution in [0, 0.1) is 11.6 Å². The van der Waals surface area contributed by atoms with Gasteiger partial charge in [0, 0.05) is 23.1 Å². The van der Waals surface area contributed by atoms with E-state index in [4.69, 9.17) is 5.53 Å². The molecule has 72 valence electrons. The molecule has 0 saturated carbocycles. The summed E-state index contributed by atoms with van der Waals surface area (Å²) >= 11 is 0. The van der Waals surface area contributed by atoms with Crippen LogP contribution in [0.15, 0.2) is 29.4 Å². The minimum Gasteiger partial charge on any atom is -0.207 e. The summed E-state index contributed by atoms with van der Waals surface area (Å²) in [5.41, 5.74) is 8.22. The lowest BCUT2D eigenvalue weighted by atomic mass is 10.2. The van der Waals surface area contributed by atoms with Crippen LogP contribution in [0.2, 0.25) is 0 Å². The molecule has 5 heteroatoms. The van der Waals surface area contributed by atoms with E-state index < -0.39 is 11.6 Å². The third-order valence-corrected chi connectivity index (χ3v) is 1.51. The van der Waals surface area contributed by atoms with Gasteiger partial charge >= 0.3 is 0 Å². The van der Waals surface area contributed by atoms with Gasteiger partial charge < -0.3 is 0 Å². The van der Waals surface area contributed by atoms with E-state index >= 15 is 0 Å². The monoisotopic (exact) mass is 195 g/mol. The lowest BCUT2D eigenvalue weighted by molar-refractivity contribution is 0.581. The Labute approximate surface area is 79.3 Å². The van der Waals surface area contributed by atoms with Crippen LogP contribution >= 0.6 is 0 Å².